The zero-order valence-corrected chi connectivity index (χ0v) is 12.8. The van der Waals surface area contributed by atoms with Crippen LogP contribution in [0.3, 0.4) is 0 Å². The van der Waals surface area contributed by atoms with Gasteiger partial charge in [0.1, 0.15) is 6.61 Å². The summed E-state index contributed by atoms with van der Waals surface area (Å²) in [6.45, 7) is 0.170. The van der Waals surface area contributed by atoms with Crippen molar-refractivity contribution in [1.82, 2.24) is 0 Å². The molecule has 0 radical (unpaired) electrons. The van der Waals surface area contributed by atoms with E-state index in [1.165, 1.54) is 12.1 Å². The van der Waals surface area contributed by atoms with Crippen LogP contribution in [0.25, 0.3) is 11.1 Å². The second-order valence-electron chi connectivity index (χ2n) is 5.24. The van der Waals surface area contributed by atoms with E-state index in [-0.39, 0.29) is 17.9 Å². The summed E-state index contributed by atoms with van der Waals surface area (Å²) in [6.07, 6.45) is 5.35. The van der Waals surface area contributed by atoms with Gasteiger partial charge in [-0.3, -0.25) is 0 Å². The summed E-state index contributed by atoms with van der Waals surface area (Å²) in [7, 11) is 0. The van der Waals surface area contributed by atoms with Gasteiger partial charge in [0.2, 0.25) is 5.82 Å². The van der Waals surface area contributed by atoms with Crippen LogP contribution >= 0.6 is 0 Å². The highest BCUT2D eigenvalue weighted by atomic mass is 19.2. The van der Waals surface area contributed by atoms with Gasteiger partial charge in [-0.05, 0) is 35.4 Å². The summed E-state index contributed by atoms with van der Waals surface area (Å²) in [5.41, 5.74) is 2.16. The molecule has 0 aliphatic heterocycles. The van der Waals surface area contributed by atoms with Gasteiger partial charge in [0.25, 0.3) is 0 Å². The van der Waals surface area contributed by atoms with Gasteiger partial charge in [-0.25, -0.2) is 4.39 Å². The average Bonchev–Trinajstić information content (AvgIpc) is 2.64. The standard InChI is InChI=1S/C21H14F2O/c1-2-15-9-6-10-17(13-15)18-11-12-19(21(23)20(18)22)24-14-16-7-4-3-5-8-16/h1,3-13H,14H2. The molecule has 0 N–H and O–H groups in total. The van der Waals surface area contributed by atoms with Crippen molar-refractivity contribution in [2.45, 2.75) is 6.61 Å². The number of ether oxygens (including phenoxy) is 1. The maximum absolute atomic E-state index is 14.4. The van der Waals surface area contributed by atoms with Crippen molar-refractivity contribution in [1.29, 1.82) is 0 Å². The highest BCUT2D eigenvalue weighted by Gasteiger charge is 2.16. The largest absolute Gasteiger partial charge is 0.486 e. The van der Waals surface area contributed by atoms with E-state index < -0.39 is 11.6 Å². The summed E-state index contributed by atoms with van der Waals surface area (Å²) in [5.74, 6) is 0.408. The lowest BCUT2D eigenvalue weighted by Crippen LogP contribution is -2.00. The summed E-state index contributed by atoms with van der Waals surface area (Å²) in [5, 5.41) is 0. The molecule has 0 heterocycles. The number of benzene rings is 3. The molecule has 0 saturated heterocycles. The van der Waals surface area contributed by atoms with Crippen LogP contribution in [0, 0.1) is 24.0 Å². The van der Waals surface area contributed by atoms with Gasteiger partial charge in [0.05, 0.1) is 0 Å². The average molecular weight is 320 g/mol. The Morgan fingerprint density at radius 1 is 0.875 bits per heavy atom. The third-order valence-electron chi connectivity index (χ3n) is 3.62. The fourth-order valence-electron chi connectivity index (χ4n) is 2.38. The van der Waals surface area contributed by atoms with Gasteiger partial charge in [-0.2, -0.15) is 4.39 Å². The molecule has 0 fully saturated rings. The van der Waals surface area contributed by atoms with Crippen molar-refractivity contribution in [3.63, 3.8) is 0 Å². The minimum absolute atomic E-state index is 0.117. The van der Waals surface area contributed by atoms with Crippen molar-refractivity contribution in [2.75, 3.05) is 0 Å². The summed E-state index contributed by atoms with van der Waals surface area (Å²) < 4.78 is 34.1. The van der Waals surface area contributed by atoms with Crippen molar-refractivity contribution in [3.8, 4) is 29.2 Å². The van der Waals surface area contributed by atoms with Crippen molar-refractivity contribution in [3.05, 3.63) is 89.5 Å². The molecule has 0 amide bonds. The van der Waals surface area contributed by atoms with E-state index >= 15 is 0 Å². The fourth-order valence-corrected chi connectivity index (χ4v) is 2.38. The Kier molecular flexibility index (Phi) is 4.58. The highest BCUT2D eigenvalue weighted by Crippen LogP contribution is 2.30. The van der Waals surface area contributed by atoms with E-state index in [0.717, 1.165) is 5.56 Å². The molecule has 0 aliphatic rings. The molecular weight excluding hydrogens is 306 g/mol. The van der Waals surface area contributed by atoms with Gasteiger partial charge >= 0.3 is 0 Å². The van der Waals surface area contributed by atoms with Gasteiger partial charge < -0.3 is 4.74 Å². The lowest BCUT2D eigenvalue weighted by atomic mass is 10.0. The summed E-state index contributed by atoms with van der Waals surface area (Å²) in [6, 6.07) is 19.0. The van der Waals surface area contributed by atoms with Crippen LogP contribution in [0.2, 0.25) is 0 Å². The minimum Gasteiger partial charge on any atom is -0.486 e. The smallest absolute Gasteiger partial charge is 0.201 e. The molecule has 0 aromatic heterocycles. The Morgan fingerprint density at radius 3 is 2.42 bits per heavy atom. The Hall–Kier alpha value is -3.12. The molecular formula is C21H14F2O. The molecule has 1 nitrogen and oxygen atoms in total. The first-order valence-corrected chi connectivity index (χ1v) is 7.41. The third-order valence-corrected chi connectivity index (χ3v) is 3.62. The predicted octanol–water partition coefficient (Wildman–Crippen LogP) is 5.19. The molecule has 0 spiro atoms. The van der Waals surface area contributed by atoms with Crippen LogP contribution in [0.1, 0.15) is 11.1 Å². The second-order valence-corrected chi connectivity index (χ2v) is 5.24. The van der Waals surface area contributed by atoms with E-state index in [1.807, 2.05) is 30.3 Å². The predicted molar refractivity (Wildman–Crippen MR) is 90.5 cm³/mol. The summed E-state index contributed by atoms with van der Waals surface area (Å²) >= 11 is 0. The third kappa shape index (κ3) is 3.28. The second kappa shape index (κ2) is 6.97. The maximum atomic E-state index is 14.4. The highest BCUT2D eigenvalue weighted by molar-refractivity contribution is 5.67. The van der Waals surface area contributed by atoms with E-state index in [9.17, 15) is 8.78 Å². The van der Waals surface area contributed by atoms with Crippen LogP contribution in [-0.4, -0.2) is 0 Å². The van der Waals surface area contributed by atoms with Gasteiger partial charge in [-0.15, -0.1) is 6.42 Å². The SMILES string of the molecule is C#Cc1cccc(-c2ccc(OCc3ccccc3)c(F)c2F)c1. The molecule has 24 heavy (non-hydrogen) atoms. The van der Waals surface area contributed by atoms with Crippen LogP contribution in [-0.2, 0) is 6.61 Å². The zero-order chi connectivity index (χ0) is 16.9. The van der Waals surface area contributed by atoms with Crippen LogP contribution in [0.4, 0.5) is 8.78 Å². The number of hydrogen-bond acceptors (Lipinski definition) is 1. The molecule has 3 aromatic carbocycles. The van der Waals surface area contributed by atoms with Gasteiger partial charge in [-0.1, -0.05) is 48.4 Å². The molecule has 3 heteroatoms. The number of halogens is 2. The molecule has 0 bridgehead atoms. The maximum Gasteiger partial charge on any atom is 0.201 e. The first-order valence-electron chi connectivity index (χ1n) is 7.41. The molecule has 3 aromatic rings. The molecule has 3 rings (SSSR count). The molecule has 0 saturated carbocycles. The van der Waals surface area contributed by atoms with Crippen LogP contribution in [0.15, 0.2) is 66.7 Å². The fraction of sp³-hybridized carbons (Fsp3) is 0.0476. The quantitative estimate of drug-likeness (QED) is 0.601. The van der Waals surface area contributed by atoms with E-state index in [0.29, 0.717) is 11.1 Å². The topological polar surface area (TPSA) is 9.23 Å². The zero-order valence-electron chi connectivity index (χ0n) is 12.8. The lowest BCUT2D eigenvalue weighted by Gasteiger charge is -2.11. The Bertz CT molecular complexity index is 895. The number of hydrogen-bond donors (Lipinski definition) is 0. The molecule has 0 atom stereocenters. The lowest BCUT2D eigenvalue weighted by molar-refractivity contribution is 0.285. The van der Waals surface area contributed by atoms with E-state index in [4.69, 9.17) is 11.2 Å². The van der Waals surface area contributed by atoms with Crippen molar-refractivity contribution in [2.24, 2.45) is 0 Å². The van der Waals surface area contributed by atoms with Crippen molar-refractivity contribution < 1.29 is 13.5 Å². The van der Waals surface area contributed by atoms with Crippen LogP contribution in [0.5, 0.6) is 5.75 Å². The van der Waals surface area contributed by atoms with Crippen LogP contribution < -0.4 is 4.74 Å². The number of terminal acetylenes is 1. The van der Waals surface area contributed by atoms with Crippen molar-refractivity contribution >= 4 is 0 Å². The number of rotatable bonds is 4. The molecule has 118 valence electrons. The van der Waals surface area contributed by atoms with E-state index in [2.05, 4.69) is 5.92 Å². The monoisotopic (exact) mass is 320 g/mol. The van der Waals surface area contributed by atoms with Gasteiger partial charge in [0, 0.05) is 11.1 Å². The Morgan fingerprint density at radius 2 is 1.67 bits per heavy atom. The summed E-state index contributed by atoms with van der Waals surface area (Å²) in [4.78, 5) is 0. The Balaban J connectivity index is 1.87. The first kappa shape index (κ1) is 15.8. The normalized spacial score (nSPS) is 10.2. The van der Waals surface area contributed by atoms with Gasteiger partial charge in [0.15, 0.2) is 11.6 Å². The molecule has 0 aliphatic carbocycles. The Labute approximate surface area is 139 Å². The first-order chi connectivity index (χ1) is 11.7. The molecule has 0 unspecified atom stereocenters. The van der Waals surface area contributed by atoms with E-state index in [1.54, 1.807) is 24.3 Å². The minimum atomic E-state index is -1.01.